The summed E-state index contributed by atoms with van der Waals surface area (Å²) in [6.07, 6.45) is 1.10. The average Bonchev–Trinajstić information content (AvgIpc) is 2.74. The zero-order chi connectivity index (χ0) is 20.1. The van der Waals surface area contributed by atoms with Gasteiger partial charge in [0.2, 0.25) is 5.91 Å². The Bertz CT molecular complexity index is 688. The van der Waals surface area contributed by atoms with E-state index in [9.17, 15) is 9.59 Å². The number of rotatable bonds is 5. The van der Waals surface area contributed by atoms with Gasteiger partial charge in [-0.1, -0.05) is 18.2 Å². The highest BCUT2D eigenvalue weighted by atomic mass is 35.5. The molecular formula is C21H32ClN3O4. The van der Waals surface area contributed by atoms with Crippen LogP contribution in [0.1, 0.15) is 25.3 Å². The van der Waals surface area contributed by atoms with Crippen LogP contribution in [0.2, 0.25) is 0 Å². The van der Waals surface area contributed by atoms with Crippen LogP contribution in [-0.2, 0) is 14.3 Å². The highest BCUT2D eigenvalue weighted by molar-refractivity contribution is 5.85. The Labute approximate surface area is 178 Å². The molecule has 2 unspecified atom stereocenters. The lowest BCUT2D eigenvalue weighted by molar-refractivity contribution is -0.145. The quantitative estimate of drug-likeness (QED) is 0.774. The van der Waals surface area contributed by atoms with E-state index in [0.29, 0.717) is 39.4 Å². The molecule has 2 aliphatic heterocycles. The number of hydrogen-bond acceptors (Lipinski definition) is 5. The second-order valence-corrected chi connectivity index (χ2v) is 7.65. The summed E-state index contributed by atoms with van der Waals surface area (Å²) < 4.78 is 11.2. The first-order chi connectivity index (χ1) is 13.5. The van der Waals surface area contributed by atoms with Crippen LogP contribution >= 0.6 is 12.4 Å². The summed E-state index contributed by atoms with van der Waals surface area (Å²) in [5.74, 6) is 0.843. The van der Waals surface area contributed by atoms with Gasteiger partial charge >= 0.3 is 0 Å². The van der Waals surface area contributed by atoms with Gasteiger partial charge in [0.25, 0.3) is 5.91 Å². The molecule has 29 heavy (non-hydrogen) atoms. The van der Waals surface area contributed by atoms with Crippen LogP contribution in [0.4, 0.5) is 0 Å². The fraction of sp³-hybridized carbons (Fsp3) is 0.619. The van der Waals surface area contributed by atoms with E-state index in [2.05, 4.69) is 0 Å². The number of carbonyl (C=O) groups excluding carboxylic acids is 2. The minimum atomic E-state index is -0.562. The molecule has 8 heteroatoms. The lowest BCUT2D eigenvalue weighted by atomic mass is 9.91. The molecule has 162 valence electrons. The summed E-state index contributed by atoms with van der Waals surface area (Å²) >= 11 is 0. The SMILES string of the molecule is Cc1ccccc1OC(C)C(=O)N1CCN(C(=O)C(N)C2CCOCC2)CC1.Cl. The number of halogens is 1. The zero-order valence-corrected chi connectivity index (χ0v) is 18.0. The lowest BCUT2D eigenvalue weighted by Crippen LogP contribution is -2.57. The van der Waals surface area contributed by atoms with Crippen LogP contribution in [0.15, 0.2) is 24.3 Å². The van der Waals surface area contributed by atoms with E-state index in [-0.39, 0.29) is 30.1 Å². The Morgan fingerprint density at radius 3 is 2.21 bits per heavy atom. The van der Waals surface area contributed by atoms with Gasteiger partial charge in [-0.25, -0.2) is 0 Å². The standard InChI is InChI=1S/C21H31N3O4.ClH/c1-15-5-3-4-6-18(15)28-16(2)20(25)23-9-11-24(12-10-23)21(26)19(22)17-7-13-27-14-8-17;/h3-6,16-17,19H,7-14,22H2,1-2H3;1H. The molecule has 0 saturated carbocycles. The number of nitrogens with zero attached hydrogens (tertiary/aromatic N) is 2. The van der Waals surface area contributed by atoms with Crippen molar-refractivity contribution < 1.29 is 19.1 Å². The van der Waals surface area contributed by atoms with E-state index < -0.39 is 12.1 Å². The number of hydrogen-bond donors (Lipinski definition) is 1. The molecule has 2 saturated heterocycles. The zero-order valence-electron chi connectivity index (χ0n) is 17.2. The molecule has 2 aliphatic rings. The normalized spacial score (nSPS) is 19.8. The Morgan fingerprint density at radius 1 is 1.07 bits per heavy atom. The van der Waals surface area contributed by atoms with E-state index in [1.54, 1.807) is 16.7 Å². The predicted octanol–water partition coefficient (Wildman–Crippen LogP) is 1.61. The van der Waals surface area contributed by atoms with Crippen LogP contribution in [0.25, 0.3) is 0 Å². The van der Waals surface area contributed by atoms with E-state index in [1.807, 2.05) is 31.2 Å². The van der Waals surface area contributed by atoms with Gasteiger partial charge in [-0.3, -0.25) is 9.59 Å². The van der Waals surface area contributed by atoms with Gasteiger partial charge < -0.3 is 25.0 Å². The van der Waals surface area contributed by atoms with E-state index in [1.165, 1.54) is 0 Å². The summed E-state index contributed by atoms with van der Waals surface area (Å²) in [6.45, 7) is 7.11. The van der Waals surface area contributed by atoms with E-state index >= 15 is 0 Å². The third-order valence-corrected chi connectivity index (χ3v) is 5.71. The van der Waals surface area contributed by atoms with Gasteiger partial charge in [-0.05, 0) is 44.2 Å². The van der Waals surface area contributed by atoms with E-state index in [0.717, 1.165) is 24.2 Å². The number of nitrogens with two attached hydrogens (primary N) is 1. The Morgan fingerprint density at radius 2 is 1.62 bits per heavy atom. The summed E-state index contributed by atoms with van der Waals surface area (Å²) in [7, 11) is 0. The van der Waals surface area contributed by atoms with Crippen molar-refractivity contribution in [3.63, 3.8) is 0 Å². The number of para-hydroxylation sites is 1. The maximum atomic E-state index is 12.7. The second kappa shape index (κ2) is 10.8. The predicted molar refractivity (Wildman–Crippen MR) is 113 cm³/mol. The first-order valence-electron chi connectivity index (χ1n) is 10.1. The van der Waals surface area contributed by atoms with Crippen LogP contribution in [-0.4, -0.2) is 73.2 Å². The molecule has 7 nitrogen and oxygen atoms in total. The van der Waals surface area contributed by atoms with Crippen molar-refractivity contribution in [3.05, 3.63) is 29.8 Å². The smallest absolute Gasteiger partial charge is 0.263 e. The molecular weight excluding hydrogens is 394 g/mol. The van der Waals surface area contributed by atoms with Crippen molar-refractivity contribution in [1.29, 1.82) is 0 Å². The maximum Gasteiger partial charge on any atom is 0.263 e. The summed E-state index contributed by atoms with van der Waals surface area (Å²) in [5.41, 5.74) is 7.22. The number of ether oxygens (including phenoxy) is 2. The molecule has 2 amide bonds. The molecule has 2 N–H and O–H groups in total. The van der Waals surface area contributed by atoms with Crippen LogP contribution in [0.5, 0.6) is 5.75 Å². The van der Waals surface area contributed by atoms with E-state index in [4.69, 9.17) is 15.2 Å². The lowest BCUT2D eigenvalue weighted by Gasteiger charge is -2.38. The molecule has 0 aromatic heterocycles. The van der Waals surface area contributed by atoms with Crippen molar-refractivity contribution in [2.45, 2.75) is 38.8 Å². The first kappa shape index (κ1) is 23.4. The number of amides is 2. The molecule has 0 radical (unpaired) electrons. The molecule has 0 spiro atoms. The number of aryl methyl sites for hydroxylation is 1. The molecule has 2 heterocycles. The molecule has 1 aromatic carbocycles. The van der Waals surface area contributed by atoms with Gasteiger partial charge in [0.1, 0.15) is 5.75 Å². The Hall–Kier alpha value is -1.83. The van der Waals surface area contributed by atoms with Crippen LogP contribution in [0.3, 0.4) is 0 Å². The molecule has 0 aliphatic carbocycles. The molecule has 3 rings (SSSR count). The Kier molecular flexibility index (Phi) is 8.74. The van der Waals surface area contributed by atoms with Crippen molar-refractivity contribution in [2.75, 3.05) is 39.4 Å². The summed E-state index contributed by atoms with van der Waals surface area (Å²) in [4.78, 5) is 29.0. The third kappa shape index (κ3) is 5.84. The van der Waals surface area contributed by atoms with Crippen LogP contribution in [0, 0.1) is 12.8 Å². The second-order valence-electron chi connectivity index (χ2n) is 7.65. The van der Waals surface area contributed by atoms with Crippen molar-refractivity contribution in [2.24, 2.45) is 11.7 Å². The molecule has 2 fully saturated rings. The monoisotopic (exact) mass is 425 g/mol. The number of carbonyl (C=O) groups is 2. The molecule has 2 atom stereocenters. The van der Waals surface area contributed by atoms with Gasteiger partial charge in [0, 0.05) is 39.4 Å². The fourth-order valence-corrected chi connectivity index (χ4v) is 3.82. The number of piperazine rings is 1. The Balaban J connectivity index is 0.00000300. The first-order valence-corrected chi connectivity index (χ1v) is 10.1. The largest absolute Gasteiger partial charge is 0.481 e. The summed E-state index contributed by atoms with van der Waals surface area (Å²) in [5, 5.41) is 0. The van der Waals surface area contributed by atoms with Crippen LogP contribution < -0.4 is 10.5 Å². The van der Waals surface area contributed by atoms with Gasteiger partial charge in [-0.15, -0.1) is 12.4 Å². The third-order valence-electron chi connectivity index (χ3n) is 5.71. The van der Waals surface area contributed by atoms with Crippen molar-refractivity contribution >= 4 is 24.2 Å². The highest BCUT2D eigenvalue weighted by Gasteiger charge is 2.33. The minimum absolute atomic E-state index is 0. The van der Waals surface area contributed by atoms with Gasteiger partial charge in [-0.2, -0.15) is 0 Å². The summed E-state index contributed by atoms with van der Waals surface area (Å²) in [6, 6.07) is 7.18. The van der Waals surface area contributed by atoms with Gasteiger partial charge in [0.05, 0.1) is 6.04 Å². The fourth-order valence-electron chi connectivity index (χ4n) is 3.82. The maximum absolute atomic E-state index is 12.7. The number of benzene rings is 1. The van der Waals surface area contributed by atoms with Crippen molar-refractivity contribution in [1.82, 2.24) is 9.80 Å². The molecule has 1 aromatic rings. The molecule has 0 bridgehead atoms. The average molecular weight is 426 g/mol. The topological polar surface area (TPSA) is 85.1 Å². The van der Waals surface area contributed by atoms with Gasteiger partial charge in [0.15, 0.2) is 6.10 Å². The minimum Gasteiger partial charge on any atom is -0.481 e. The van der Waals surface area contributed by atoms with Crippen molar-refractivity contribution in [3.8, 4) is 5.75 Å². The highest BCUT2D eigenvalue weighted by Crippen LogP contribution is 2.21.